The molecule has 0 heteroatoms. The normalized spacial score (nSPS) is 17.6. The molecule has 0 unspecified atom stereocenters. The molecule has 0 saturated carbocycles. The Kier molecular flexibility index (Phi) is 2.83. The third kappa shape index (κ3) is 1.95. The van der Waals surface area contributed by atoms with E-state index in [1.807, 2.05) is 0 Å². The van der Waals surface area contributed by atoms with E-state index in [0.29, 0.717) is 5.92 Å². The minimum atomic E-state index is 0.571. The minimum Gasteiger partial charge on any atom is -0.0842 e. The zero-order valence-corrected chi connectivity index (χ0v) is 8.61. The van der Waals surface area contributed by atoms with Crippen LogP contribution in [0.1, 0.15) is 31.2 Å². The first kappa shape index (κ1) is 9.26. The Morgan fingerprint density at radius 3 is 2.57 bits per heavy atom. The second-order valence-electron chi connectivity index (χ2n) is 3.84. The average Bonchev–Trinajstić information content (AvgIpc) is 2.30. The van der Waals surface area contributed by atoms with Crippen LogP contribution in [0, 0.1) is 0 Å². The fourth-order valence-electron chi connectivity index (χ4n) is 1.94. The van der Waals surface area contributed by atoms with Crippen molar-refractivity contribution >= 4 is 0 Å². The first-order chi connectivity index (χ1) is 6.88. The van der Waals surface area contributed by atoms with Crippen molar-refractivity contribution in [2.24, 2.45) is 0 Å². The van der Waals surface area contributed by atoms with Gasteiger partial charge in [-0.15, -0.1) is 0 Å². The van der Waals surface area contributed by atoms with Crippen LogP contribution < -0.4 is 0 Å². The van der Waals surface area contributed by atoms with Crippen molar-refractivity contribution < 1.29 is 0 Å². The number of rotatable bonds is 2. The molecule has 72 valence electrons. The lowest BCUT2D eigenvalue weighted by Crippen LogP contribution is -1.99. The Labute approximate surface area is 86.0 Å². The van der Waals surface area contributed by atoms with Crippen molar-refractivity contribution in [2.75, 3.05) is 0 Å². The molecule has 0 aliphatic heterocycles. The maximum Gasteiger partial charge on any atom is 0.00230 e. The summed E-state index contributed by atoms with van der Waals surface area (Å²) in [5, 5.41) is 0. The maximum atomic E-state index is 2.29. The number of hydrogen-bond acceptors (Lipinski definition) is 0. The standard InChI is InChI=1S/C14H16/c1-12(13-8-4-2-5-9-13)14-10-6-3-7-11-14/h2-6,8-10,12H,7,11H2,1H3/t12-/m0/s1. The lowest BCUT2D eigenvalue weighted by atomic mass is 9.88. The second kappa shape index (κ2) is 4.28. The summed E-state index contributed by atoms with van der Waals surface area (Å²) in [4.78, 5) is 0. The summed E-state index contributed by atoms with van der Waals surface area (Å²) in [6.07, 6.45) is 9.09. The molecule has 0 fully saturated rings. The highest BCUT2D eigenvalue weighted by molar-refractivity contribution is 5.31. The van der Waals surface area contributed by atoms with Crippen molar-refractivity contribution in [2.45, 2.75) is 25.7 Å². The molecular weight excluding hydrogens is 168 g/mol. The summed E-state index contributed by atoms with van der Waals surface area (Å²) in [7, 11) is 0. The van der Waals surface area contributed by atoms with Gasteiger partial charge < -0.3 is 0 Å². The van der Waals surface area contributed by atoms with Gasteiger partial charge >= 0.3 is 0 Å². The van der Waals surface area contributed by atoms with Crippen LogP contribution in [-0.2, 0) is 0 Å². The fourth-order valence-corrected chi connectivity index (χ4v) is 1.94. The van der Waals surface area contributed by atoms with Gasteiger partial charge in [0.15, 0.2) is 0 Å². The predicted molar refractivity (Wildman–Crippen MR) is 61.3 cm³/mol. The van der Waals surface area contributed by atoms with Crippen LogP contribution in [0.5, 0.6) is 0 Å². The first-order valence-corrected chi connectivity index (χ1v) is 5.28. The van der Waals surface area contributed by atoms with E-state index in [4.69, 9.17) is 0 Å². The lowest BCUT2D eigenvalue weighted by Gasteiger charge is -2.17. The molecule has 0 heterocycles. The van der Waals surface area contributed by atoms with Crippen LogP contribution in [0.15, 0.2) is 54.1 Å². The monoisotopic (exact) mass is 184 g/mol. The van der Waals surface area contributed by atoms with Crippen LogP contribution in [0.25, 0.3) is 0 Å². The van der Waals surface area contributed by atoms with Crippen molar-refractivity contribution in [1.82, 2.24) is 0 Å². The number of benzene rings is 1. The van der Waals surface area contributed by atoms with Crippen LogP contribution >= 0.6 is 0 Å². The van der Waals surface area contributed by atoms with E-state index in [1.54, 1.807) is 5.57 Å². The van der Waals surface area contributed by atoms with E-state index >= 15 is 0 Å². The molecule has 0 bridgehead atoms. The van der Waals surface area contributed by atoms with Gasteiger partial charge in [0.25, 0.3) is 0 Å². The van der Waals surface area contributed by atoms with E-state index < -0.39 is 0 Å². The first-order valence-electron chi connectivity index (χ1n) is 5.28. The highest BCUT2D eigenvalue weighted by atomic mass is 14.2. The summed E-state index contributed by atoms with van der Waals surface area (Å²) in [5.74, 6) is 0.571. The molecule has 0 nitrogen and oxygen atoms in total. The Balaban J connectivity index is 2.19. The van der Waals surface area contributed by atoms with Gasteiger partial charge in [-0.1, -0.05) is 61.1 Å². The van der Waals surface area contributed by atoms with Crippen molar-refractivity contribution in [3.63, 3.8) is 0 Å². The molecule has 1 aliphatic carbocycles. The molecule has 1 aliphatic rings. The van der Waals surface area contributed by atoms with E-state index in [1.165, 1.54) is 18.4 Å². The number of allylic oxidation sites excluding steroid dienone is 4. The highest BCUT2D eigenvalue weighted by Crippen LogP contribution is 2.28. The van der Waals surface area contributed by atoms with Gasteiger partial charge in [-0.25, -0.2) is 0 Å². The van der Waals surface area contributed by atoms with Gasteiger partial charge in [-0.05, 0) is 18.4 Å². The van der Waals surface area contributed by atoms with Crippen LogP contribution in [0.4, 0.5) is 0 Å². The maximum absolute atomic E-state index is 2.29. The molecule has 1 aromatic rings. The van der Waals surface area contributed by atoms with Gasteiger partial charge in [0.05, 0.1) is 0 Å². The fraction of sp³-hybridized carbons (Fsp3) is 0.286. The Bertz CT molecular complexity index is 344. The van der Waals surface area contributed by atoms with Crippen molar-refractivity contribution in [1.29, 1.82) is 0 Å². The quantitative estimate of drug-likeness (QED) is 0.650. The van der Waals surface area contributed by atoms with Crippen LogP contribution in [-0.4, -0.2) is 0 Å². The molecule has 0 N–H and O–H groups in total. The smallest absolute Gasteiger partial charge is 0.00230 e. The molecule has 0 saturated heterocycles. The third-order valence-electron chi connectivity index (χ3n) is 2.90. The SMILES string of the molecule is C[C@H](C1=CC=CCC1)c1ccccc1. The van der Waals surface area contributed by atoms with E-state index in [0.717, 1.165) is 0 Å². The van der Waals surface area contributed by atoms with E-state index in [-0.39, 0.29) is 0 Å². The van der Waals surface area contributed by atoms with Gasteiger partial charge in [0.1, 0.15) is 0 Å². The second-order valence-corrected chi connectivity index (χ2v) is 3.84. The van der Waals surface area contributed by atoms with Gasteiger partial charge in [-0.2, -0.15) is 0 Å². The zero-order valence-electron chi connectivity index (χ0n) is 8.61. The molecule has 0 amide bonds. The summed E-state index contributed by atoms with van der Waals surface area (Å²) in [6, 6.07) is 10.7. The molecule has 1 aromatic carbocycles. The number of hydrogen-bond donors (Lipinski definition) is 0. The Morgan fingerprint density at radius 2 is 1.93 bits per heavy atom. The van der Waals surface area contributed by atoms with Crippen LogP contribution in [0.3, 0.4) is 0 Å². The minimum absolute atomic E-state index is 0.571. The van der Waals surface area contributed by atoms with Crippen molar-refractivity contribution in [3.05, 3.63) is 59.7 Å². The molecule has 1 atom stereocenters. The molecule has 0 radical (unpaired) electrons. The highest BCUT2D eigenvalue weighted by Gasteiger charge is 2.10. The zero-order chi connectivity index (χ0) is 9.80. The van der Waals surface area contributed by atoms with Crippen molar-refractivity contribution in [3.8, 4) is 0 Å². The van der Waals surface area contributed by atoms with Gasteiger partial charge in [0, 0.05) is 5.92 Å². The summed E-state index contributed by atoms with van der Waals surface area (Å²) < 4.78 is 0. The summed E-state index contributed by atoms with van der Waals surface area (Å²) in [6.45, 7) is 2.29. The Morgan fingerprint density at radius 1 is 1.14 bits per heavy atom. The summed E-state index contributed by atoms with van der Waals surface area (Å²) in [5.41, 5.74) is 2.98. The predicted octanol–water partition coefficient (Wildman–Crippen LogP) is 4.07. The molecule has 0 spiro atoms. The molecule has 2 rings (SSSR count). The van der Waals surface area contributed by atoms with Gasteiger partial charge in [-0.3, -0.25) is 0 Å². The van der Waals surface area contributed by atoms with E-state index in [2.05, 4.69) is 55.5 Å². The van der Waals surface area contributed by atoms with Crippen LogP contribution in [0.2, 0.25) is 0 Å². The summed E-state index contributed by atoms with van der Waals surface area (Å²) >= 11 is 0. The van der Waals surface area contributed by atoms with E-state index in [9.17, 15) is 0 Å². The molecule has 0 aromatic heterocycles. The topological polar surface area (TPSA) is 0 Å². The molecule has 14 heavy (non-hydrogen) atoms. The third-order valence-corrected chi connectivity index (χ3v) is 2.90. The average molecular weight is 184 g/mol. The Hall–Kier alpha value is -1.30. The van der Waals surface area contributed by atoms with Gasteiger partial charge in [0.2, 0.25) is 0 Å². The largest absolute Gasteiger partial charge is 0.0842 e. The molecular formula is C14H16. The lowest BCUT2D eigenvalue weighted by molar-refractivity contribution is 0.799.